The number of amides is 1. The first kappa shape index (κ1) is 13.9. The minimum absolute atomic E-state index is 0.0145. The largest absolute Gasteiger partial charge is 0.399 e. The topological polar surface area (TPSA) is 55.6 Å². The second kappa shape index (κ2) is 6.06. The Morgan fingerprint density at radius 3 is 2.63 bits per heavy atom. The standard InChI is InChI=1S/C15H22N2O2/c1-3-9-17(13-6-4-12(16)5-7-13)15(18)14-8-10-19-11(14)2/h4-7,11,14H,3,8-10,16H2,1-2H3. The van der Waals surface area contributed by atoms with Crippen LogP contribution < -0.4 is 10.6 Å². The molecule has 4 nitrogen and oxygen atoms in total. The molecule has 1 aromatic rings. The van der Waals surface area contributed by atoms with E-state index in [0.29, 0.717) is 12.3 Å². The van der Waals surface area contributed by atoms with Gasteiger partial charge in [0.25, 0.3) is 0 Å². The SMILES string of the molecule is CCCN(C(=O)C1CCOC1C)c1ccc(N)cc1. The lowest BCUT2D eigenvalue weighted by Gasteiger charge is -2.26. The number of anilines is 2. The quantitative estimate of drug-likeness (QED) is 0.848. The Hall–Kier alpha value is -1.55. The van der Waals surface area contributed by atoms with Crippen LogP contribution in [0.2, 0.25) is 0 Å². The van der Waals surface area contributed by atoms with Crippen molar-refractivity contribution in [2.45, 2.75) is 32.8 Å². The van der Waals surface area contributed by atoms with E-state index < -0.39 is 0 Å². The summed E-state index contributed by atoms with van der Waals surface area (Å²) < 4.78 is 5.50. The Bertz CT molecular complexity index is 430. The van der Waals surface area contributed by atoms with E-state index in [4.69, 9.17) is 10.5 Å². The first-order valence-electron chi connectivity index (χ1n) is 6.92. The van der Waals surface area contributed by atoms with Gasteiger partial charge in [0, 0.05) is 24.5 Å². The molecule has 2 atom stereocenters. The van der Waals surface area contributed by atoms with Crippen LogP contribution in [0.4, 0.5) is 11.4 Å². The van der Waals surface area contributed by atoms with Crippen LogP contribution in [0.25, 0.3) is 0 Å². The molecule has 4 heteroatoms. The molecule has 0 radical (unpaired) electrons. The molecule has 1 aliphatic rings. The van der Waals surface area contributed by atoms with E-state index in [2.05, 4.69) is 6.92 Å². The molecule has 2 unspecified atom stereocenters. The van der Waals surface area contributed by atoms with Gasteiger partial charge in [0.1, 0.15) is 0 Å². The van der Waals surface area contributed by atoms with Crippen LogP contribution in [0.3, 0.4) is 0 Å². The molecule has 2 N–H and O–H groups in total. The average Bonchev–Trinajstić information content (AvgIpc) is 2.83. The summed E-state index contributed by atoms with van der Waals surface area (Å²) >= 11 is 0. The van der Waals surface area contributed by atoms with Crippen LogP contribution in [-0.4, -0.2) is 25.2 Å². The van der Waals surface area contributed by atoms with Crippen molar-refractivity contribution in [3.8, 4) is 0 Å². The maximum absolute atomic E-state index is 12.6. The Kier molecular flexibility index (Phi) is 4.43. The first-order chi connectivity index (χ1) is 9.13. The molecule has 0 aliphatic carbocycles. The van der Waals surface area contributed by atoms with Gasteiger partial charge in [0.15, 0.2) is 0 Å². The van der Waals surface area contributed by atoms with E-state index in [1.807, 2.05) is 36.1 Å². The highest BCUT2D eigenvalue weighted by atomic mass is 16.5. The van der Waals surface area contributed by atoms with Gasteiger partial charge in [-0.2, -0.15) is 0 Å². The Morgan fingerprint density at radius 1 is 1.42 bits per heavy atom. The Morgan fingerprint density at radius 2 is 2.11 bits per heavy atom. The first-order valence-corrected chi connectivity index (χ1v) is 6.92. The minimum atomic E-state index is -0.0240. The minimum Gasteiger partial charge on any atom is -0.399 e. The predicted molar refractivity (Wildman–Crippen MR) is 77.0 cm³/mol. The van der Waals surface area contributed by atoms with Crippen molar-refractivity contribution in [2.24, 2.45) is 5.92 Å². The van der Waals surface area contributed by atoms with E-state index in [1.165, 1.54) is 0 Å². The molecule has 104 valence electrons. The number of carbonyl (C=O) groups is 1. The number of carbonyl (C=O) groups excluding carboxylic acids is 1. The van der Waals surface area contributed by atoms with Crippen molar-refractivity contribution >= 4 is 17.3 Å². The molecule has 0 spiro atoms. The molecule has 1 amide bonds. The molecular formula is C15H22N2O2. The highest BCUT2D eigenvalue weighted by Gasteiger charge is 2.34. The summed E-state index contributed by atoms with van der Waals surface area (Å²) in [6.07, 6.45) is 1.76. The van der Waals surface area contributed by atoms with Crippen molar-refractivity contribution in [3.63, 3.8) is 0 Å². The van der Waals surface area contributed by atoms with Gasteiger partial charge in [0.05, 0.1) is 12.0 Å². The molecular weight excluding hydrogens is 240 g/mol. The molecule has 0 saturated carbocycles. The predicted octanol–water partition coefficient (Wildman–Crippen LogP) is 2.44. The lowest BCUT2D eigenvalue weighted by atomic mass is 10.0. The number of ether oxygens (including phenoxy) is 1. The number of benzene rings is 1. The van der Waals surface area contributed by atoms with Crippen molar-refractivity contribution < 1.29 is 9.53 Å². The maximum Gasteiger partial charge on any atom is 0.232 e. The monoisotopic (exact) mass is 262 g/mol. The fourth-order valence-corrected chi connectivity index (χ4v) is 2.50. The summed E-state index contributed by atoms with van der Waals surface area (Å²) in [5.41, 5.74) is 7.33. The highest BCUT2D eigenvalue weighted by molar-refractivity contribution is 5.95. The summed E-state index contributed by atoms with van der Waals surface area (Å²) in [4.78, 5) is 14.5. The number of rotatable bonds is 4. The van der Waals surface area contributed by atoms with Gasteiger partial charge in [-0.15, -0.1) is 0 Å². The van der Waals surface area contributed by atoms with E-state index in [-0.39, 0.29) is 17.9 Å². The number of hydrogen-bond acceptors (Lipinski definition) is 3. The Labute approximate surface area is 114 Å². The average molecular weight is 262 g/mol. The molecule has 0 bridgehead atoms. The highest BCUT2D eigenvalue weighted by Crippen LogP contribution is 2.26. The number of nitrogens with zero attached hydrogens (tertiary/aromatic N) is 1. The van der Waals surface area contributed by atoms with Crippen LogP contribution in [0, 0.1) is 5.92 Å². The molecule has 0 aromatic heterocycles. The van der Waals surface area contributed by atoms with Gasteiger partial charge in [-0.3, -0.25) is 4.79 Å². The summed E-state index contributed by atoms with van der Waals surface area (Å²) in [5, 5.41) is 0. The third-order valence-electron chi connectivity index (χ3n) is 3.61. The third-order valence-corrected chi connectivity index (χ3v) is 3.61. The van der Waals surface area contributed by atoms with Crippen molar-refractivity contribution in [3.05, 3.63) is 24.3 Å². The zero-order chi connectivity index (χ0) is 13.8. The summed E-state index contributed by atoms with van der Waals surface area (Å²) in [5.74, 6) is 0.140. The van der Waals surface area contributed by atoms with Gasteiger partial charge in [-0.05, 0) is 44.0 Å². The maximum atomic E-state index is 12.6. The van der Waals surface area contributed by atoms with Crippen molar-refractivity contribution in [1.82, 2.24) is 0 Å². The third kappa shape index (κ3) is 3.07. The van der Waals surface area contributed by atoms with Crippen LogP contribution in [-0.2, 0) is 9.53 Å². The van der Waals surface area contributed by atoms with Gasteiger partial charge < -0.3 is 15.4 Å². The fraction of sp³-hybridized carbons (Fsp3) is 0.533. The molecule has 1 saturated heterocycles. The molecule has 1 heterocycles. The number of nitrogen functional groups attached to an aromatic ring is 1. The van der Waals surface area contributed by atoms with E-state index >= 15 is 0 Å². The van der Waals surface area contributed by atoms with Gasteiger partial charge >= 0.3 is 0 Å². The number of nitrogens with two attached hydrogens (primary N) is 1. The normalized spacial score (nSPS) is 22.4. The lowest BCUT2D eigenvalue weighted by Crippen LogP contribution is -2.39. The smallest absolute Gasteiger partial charge is 0.232 e. The van der Waals surface area contributed by atoms with Crippen LogP contribution >= 0.6 is 0 Å². The van der Waals surface area contributed by atoms with Crippen molar-refractivity contribution in [1.29, 1.82) is 0 Å². The zero-order valence-electron chi connectivity index (χ0n) is 11.6. The molecule has 19 heavy (non-hydrogen) atoms. The molecule has 1 fully saturated rings. The van der Waals surface area contributed by atoms with Gasteiger partial charge in [-0.1, -0.05) is 6.92 Å². The van der Waals surface area contributed by atoms with E-state index in [1.54, 1.807) is 0 Å². The van der Waals surface area contributed by atoms with Crippen LogP contribution in [0.1, 0.15) is 26.7 Å². The number of hydrogen-bond donors (Lipinski definition) is 1. The summed E-state index contributed by atoms with van der Waals surface area (Å²) in [6.45, 7) is 5.46. The van der Waals surface area contributed by atoms with Gasteiger partial charge in [-0.25, -0.2) is 0 Å². The fourth-order valence-electron chi connectivity index (χ4n) is 2.50. The second-order valence-corrected chi connectivity index (χ2v) is 5.05. The van der Waals surface area contributed by atoms with E-state index in [0.717, 1.165) is 25.1 Å². The summed E-state index contributed by atoms with van der Waals surface area (Å²) in [7, 11) is 0. The van der Waals surface area contributed by atoms with Gasteiger partial charge in [0.2, 0.25) is 5.91 Å². The van der Waals surface area contributed by atoms with Crippen molar-refractivity contribution in [2.75, 3.05) is 23.8 Å². The Balaban J connectivity index is 2.19. The lowest BCUT2D eigenvalue weighted by molar-refractivity contribution is -0.123. The van der Waals surface area contributed by atoms with E-state index in [9.17, 15) is 4.79 Å². The van der Waals surface area contributed by atoms with Crippen LogP contribution in [0.5, 0.6) is 0 Å². The molecule has 2 rings (SSSR count). The molecule has 1 aromatic carbocycles. The summed E-state index contributed by atoms with van der Waals surface area (Å²) in [6, 6.07) is 7.48. The molecule has 1 aliphatic heterocycles. The van der Waals surface area contributed by atoms with Crippen LogP contribution in [0.15, 0.2) is 24.3 Å². The second-order valence-electron chi connectivity index (χ2n) is 5.05. The zero-order valence-corrected chi connectivity index (χ0v) is 11.6.